The highest BCUT2D eigenvalue weighted by molar-refractivity contribution is 5.93. The van der Waals surface area contributed by atoms with Gasteiger partial charge in [-0.1, -0.05) is 32.0 Å². The average Bonchev–Trinajstić information content (AvgIpc) is 2.74. The van der Waals surface area contributed by atoms with E-state index in [0.29, 0.717) is 17.2 Å². The van der Waals surface area contributed by atoms with E-state index >= 15 is 0 Å². The fourth-order valence-electron chi connectivity index (χ4n) is 2.72. The van der Waals surface area contributed by atoms with E-state index in [9.17, 15) is 9.59 Å². The molecule has 2 aromatic carbocycles. The predicted molar refractivity (Wildman–Crippen MR) is 116 cm³/mol. The maximum atomic E-state index is 12.0. The summed E-state index contributed by atoms with van der Waals surface area (Å²) in [5.74, 6) is 1.16. The van der Waals surface area contributed by atoms with Gasteiger partial charge in [-0.05, 0) is 53.8 Å². The lowest BCUT2D eigenvalue weighted by Gasteiger charge is -2.14. The molecule has 2 amide bonds. The molecule has 7 nitrogen and oxygen atoms in total. The second kappa shape index (κ2) is 10.9. The van der Waals surface area contributed by atoms with Crippen LogP contribution in [0, 0.1) is 6.92 Å². The number of aryl methyl sites for hydroxylation is 1. The van der Waals surface area contributed by atoms with Crippen LogP contribution in [0.2, 0.25) is 0 Å². The van der Waals surface area contributed by atoms with Crippen molar-refractivity contribution in [1.29, 1.82) is 0 Å². The van der Waals surface area contributed by atoms with Gasteiger partial charge in [0.2, 0.25) is 0 Å². The van der Waals surface area contributed by atoms with Crippen LogP contribution in [-0.4, -0.2) is 32.6 Å². The first kappa shape index (κ1) is 22.8. The van der Waals surface area contributed by atoms with Crippen LogP contribution in [0.15, 0.2) is 42.5 Å². The number of hydrazine groups is 1. The van der Waals surface area contributed by atoms with Crippen molar-refractivity contribution in [3.05, 3.63) is 59.2 Å². The van der Waals surface area contributed by atoms with Gasteiger partial charge in [0.05, 0.1) is 14.2 Å². The van der Waals surface area contributed by atoms with Crippen LogP contribution in [0.5, 0.6) is 17.2 Å². The maximum Gasteiger partial charge on any atom is 0.276 e. The molecule has 30 heavy (non-hydrogen) atoms. The molecule has 0 aromatic heterocycles. The number of methoxy groups -OCH3 is 2. The van der Waals surface area contributed by atoms with Gasteiger partial charge in [0.1, 0.15) is 5.75 Å². The smallest absolute Gasteiger partial charge is 0.276 e. The Kier molecular flexibility index (Phi) is 8.29. The molecule has 0 bridgehead atoms. The van der Waals surface area contributed by atoms with Gasteiger partial charge in [-0.2, -0.15) is 0 Å². The van der Waals surface area contributed by atoms with E-state index in [2.05, 4.69) is 24.7 Å². The standard InChI is InChI=1S/C23H28N2O5/c1-15(2)18-9-6-16(3)12-20(18)30-14-23(27)25-24-22(26)11-8-17-7-10-19(28-4)21(13-17)29-5/h6-13,15H,14H2,1-5H3,(H,24,26)(H,25,27). The highest BCUT2D eigenvalue weighted by atomic mass is 16.5. The summed E-state index contributed by atoms with van der Waals surface area (Å²) in [6.45, 7) is 5.87. The van der Waals surface area contributed by atoms with Crippen molar-refractivity contribution in [2.75, 3.05) is 20.8 Å². The number of hydrogen-bond acceptors (Lipinski definition) is 5. The number of hydrogen-bond donors (Lipinski definition) is 2. The van der Waals surface area contributed by atoms with Crippen LogP contribution in [-0.2, 0) is 9.59 Å². The summed E-state index contributed by atoms with van der Waals surface area (Å²) < 4.78 is 16.0. The van der Waals surface area contributed by atoms with Crippen LogP contribution in [0.4, 0.5) is 0 Å². The zero-order chi connectivity index (χ0) is 22.1. The Labute approximate surface area is 177 Å². The molecule has 2 rings (SSSR count). The third-order valence-electron chi connectivity index (χ3n) is 4.31. The quantitative estimate of drug-likeness (QED) is 0.513. The molecule has 0 atom stereocenters. The zero-order valence-electron chi connectivity index (χ0n) is 17.9. The molecule has 2 N–H and O–H groups in total. The third kappa shape index (κ3) is 6.55. The van der Waals surface area contributed by atoms with Crippen molar-refractivity contribution in [1.82, 2.24) is 10.9 Å². The molecular weight excluding hydrogens is 384 g/mol. The number of ether oxygens (including phenoxy) is 3. The van der Waals surface area contributed by atoms with E-state index < -0.39 is 11.8 Å². The van der Waals surface area contributed by atoms with Crippen molar-refractivity contribution in [2.45, 2.75) is 26.7 Å². The van der Waals surface area contributed by atoms with Crippen LogP contribution in [0.3, 0.4) is 0 Å². The molecule has 0 saturated carbocycles. The highest BCUT2D eigenvalue weighted by Crippen LogP contribution is 2.28. The number of nitrogens with one attached hydrogen (secondary N) is 2. The van der Waals surface area contributed by atoms with Gasteiger partial charge in [-0.15, -0.1) is 0 Å². The first-order chi connectivity index (χ1) is 14.3. The fourth-order valence-corrected chi connectivity index (χ4v) is 2.72. The number of rotatable bonds is 8. The van der Waals surface area contributed by atoms with Gasteiger partial charge in [-0.25, -0.2) is 0 Å². The lowest BCUT2D eigenvalue weighted by atomic mass is 10.0. The first-order valence-electron chi connectivity index (χ1n) is 9.56. The number of amides is 2. The molecule has 0 fully saturated rings. The summed E-state index contributed by atoms with van der Waals surface area (Å²) in [5.41, 5.74) is 7.48. The van der Waals surface area contributed by atoms with Gasteiger partial charge in [0.15, 0.2) is 18.1 Å². The van der Waals surface area contributed by atoms with Gasteiger partial charge in [-0.3, -0.25) is 20.4 Å². The monoisotopic (exact) mass is 412 g/mol. The molecule has 0 heterocycles. The van der Waals surface area contributed by atoms with Crippen LogP contribution in [0.25, 0.3) is 6.08 Å². The first-order valence-corrected chi connectivity index (χ1v) is 9.56. The van der Waals surface area contributed by atoms with Crippen molar-refractivity contribution in [3.8, 4) is 17.2 Å². The molecule has 0 spiro atoms. The topological polar surface area (TPSA) is 85.9 Å². The molecule has 160 valence electrons. The number of benzene rings is 2. The van der Waals surface area contributed by atoms with Crippen LogP contribution in [0.1, 0.15) is 36.5 Å². The zero-order valence-corrected chi connectivity index (χ0v) is 17.9. The molecule has 0 unspecified atom stereocenters. The lowest BCUT2D eigenvalue weighted by molar-refractivity contribution is -0.128. The maximum absolute atomic E-state index is 12.0. The molecular formula is C23H28N2O5. The third-order valence-corrected chi connectivity index (χ3v) is 4.31. The van der Waals surface area contributed by atoms with E-state index in [1.807, 2.05) is 25.1 Å². The summed E-state index contributed by atoms with van der Waals surface area (Å²) in [6, 6.07) is 11.2. The molecule has 0 aliphatic rings. The largest absolute Gasteiger partial charge is 0.493 e. The summed E-state index contributed by atoms with van der Waals surface area (Å²) in [5, 5.41) is 0. The Balaban J connectivity index is 1.86. The van der Waals surface area contributed by atoms with E-state index in [0.717, 1.165) is 16.7 Å². The molecule has 0 aliphatic carbocycles. The highest BCUT2D eigenvalue weighted by Gasteiger charge is 2.10. The van der Waals surface area contributed by atoms with E-state index in [1.165, 1.54) is 13.2 Å². The second-order valence-electron chi connectivity index (χ2n) is 6.97. The average molecular weight is 412 g/mol. The van der Waals surface area contributed by atoms with E-state index in [1.54, 1.807) is 31.4 Å². The predicted octanol–water partition coefficient (Wildman–Crippen LogP) is 3.38. The minimum atomic E-state index is -0.475. The van der Waals surface area contributed by atoms with Crippen LogP contribution >= 0.6 is 0 Å². The van der Waals surface area contributed by atoms with Gasteiger partial charge >= 0.3 is 0 Å². The van der Waals surface area contributed by atoms with Crippen LogP contribution < -0.4 is 25.1 Å². The minimum Gasteiger partial charge on any atom is -0.493 e. The Morgan fingerprint density at radius 2 is 1.70 bits per heavy atom. The van der Waals surface area contributed by atoms with E-state index in [4.69, 9.17) is 14.2 Å². The normalized spacial score (nSPS) is 10.7. The Bertz CT molecular complexity index is 922. The van der Waals surface area contributed by atoms with E-state index in [-0.39, 0.29) is 12.5 Å². The molecule has 0 saturated heterocycles. The summed E-state index contributed by atoms with van der Waals surface area (Å²) in [7, 11) is 3.09. The fraction of sp³-hybridized carbons (Fsp3) is 0.304. The Morgan fingerprint density at radius 1 is 0.967 bits per heavy atom. The van der Waals surface area contributed by atoms with Gasteiger partial charge < -0.3 is 14.2 Å². The second-order valence-corrected chi connectivity index (χ2v) is 6.97. The summed E-state index contributed by atoms with van der Waals surface area (Å²) in [4.78, 5) is 24.0. The molecule has 7 heteroatoms. The molecule has 0 radical (unpaired) electrons. The molecule has 2 aromatic rings. The lowest BCUT2D eigenvalue weighted by Crippen LogP contribution is -2.43. The Hall–Kier alpha value is -3.48. The van der Waals surface area contributed by atoms with Gasteiger partial charge in [0, 0.05) is 6.08 Å². The number of carbonyl (C=O) groups excluding carboxylic acids is 2. The molecule has 0 aliphatic heterocycles. The van der Waals surface area contributed by atoms with Crippen molar-refractivity contribution in [3.63, 3.8) is 0 Å². The minimum absolute atomic E-state index is 0.206. The summed E-state index contributed by atoms with van der Waals surface area (Å²) >= 11 is 0. The number of carbonyl (C=O) groups is 2. The summed E-state index contributed by atoms with van der Waals surface area (Å²) in [6.07, 6.45) is 2.90. The van der Waals surface area contributed by atoms with Crippen molar-refractivity contribution >= 4 is 17.9 Å². The van der Waals surface area contributed by atoms with Crippen molar-refractivity contribution in [2.24, 2.45) is 0 Å². The SMILES string of the molecule is COc1ccc(C=CC(=O)NNC(=O)COc2cc(C)ccc2C(C)C)cc1OC. The van der Waals surface area contributed by atoms with Crippen molar-refractivity contribution < 1.29 is 23.8 Å². The Morgan fingerprint density at radius 3 is 2.37 bits per heavy atom. The van der Waals surface area contributed by atoms with Gasteiger partial charge in [0.25, 0.3) is 11.8 Å².